The van der Waals surface area contributed by atoms with Crippen molar-refractivity contribution in [2.24, 2.45) is 0 Å². The minimum absolute atomic E-state index is 0.529. The topological polar surface area (TPSA) is 9.23 Å². The lowest BCUT2D eigenvalue weighted by atomic mass is 10.2. The summed E-state index contributed by atoms with van der Waals surface area (Å²) in [5.74, 6) is 0. The van der Waals surface area contributed by atoms with Crippen molar-refractivity contribution in [3.8, 4) is 0 Å². The van der Waals surface area contributed by atoms with E-state index in [2.05, 4.69) is 33.9 Å². The molecule has 1 nitrogen and oxygen atoms in total. The average Bonchev–Trinajstić information content (AvgIpc) is 1.53. The van der Waals surface area contributed by atoms with Gasteiger partial charge >= 0.3 is 0 Å². The molecule has 0 saturated carbocycles. The maximum Gasteiger partial charge on any atom is 0.0612 e. The molecule has 1 saturated heterocycles. The second-order valence-electron chi connectivity index (χ2n) is 5.21. The molecule has 0 aliphatic carbocycles. The Kier molecular flexibility index (Phi) is 2.19. The summed E-state index contributed by atoms with van der Waals surface area (Å²) in [5.41, 5.74) is 0.905. The minimum atomic E-state index is -1.05. The zero-order valence-electron chi connectivity index (χ0n) is 8.40. The molecule has 1 aliphatic rings. The number of ether oxygens (including phenoxy) is 1. The maximum absolute atomic E-state index is 5.25. The van der Waals surface area contributed by atoms with Crippen LogP contribution in [0, 0.1) is 0 Å². The van der Waals surface area contributed by atoms with E-state index < -0.39 is 8.07 Å². The van der Waals surface area contributed by atoms with E-state index in [1.165, 1.54) is 0 Å². The lowest BCUT2D eigenvalue weighted by Gasteiger charge is -2.47. The summed E-state index contributed by atoms with van der Waals surface area (Å²) >= 11 is 0. The molecule has 0 radical (unpaired) electrons. The fraction of sp³-hybridized carbons (Fsp3) is 1.00. The van der Waals surface area contributed by atoms with E-state index >= 15 is 0 Å². The van der Waals surface area contributed by atoms with E-state index in [1.807, 2.05) is 0 Å². The SMILES string of the molecule is CC(C)(C)[Si](C)(C)C1COC1. The maximum atomic E-state index is 5.25. The van der Waals surface area contributed by atoms with Crippen LogP contribution in [-0.4, -0.2) is 21.3 Å². The van der Waals surface area contributed by atoms with Crippen LogP contribution in [0.25, 0.3) is 0 Å². The predicted octanol–water partition coefficient (Wildman–Crippen LogP) is 2.90. The predicted molar refractivity (Wildman–Crippen MR) is 51.8 cm³/mol. The molecule has 2 heteroatoms. The van der Waals surface area contributed by atoms with Crippen molar-refractivity contribution in [1.82, 2.24) is 0 Å². The van der Waals surface area contributed by atoms with E-state index in [4.69, 9.17) is 4.74 Å². The van der Waals surface area contributed by atoms with Gasteiger partial charge in [0, 0.05) is 18.8 Å². The molecule has 1 aliphatic heterocycles. The van der Waals surface area contributed by atoms with Gasteiger partial charge in [-0.2, -0.15) is 0 Å². The Morgan fingerprint density at radius 1 is 1.18 bits per heavy atom. The van der Waals surface area contributed by atoms with E-state index in [9.17, 15) is 0 Å². The largest absolute Gasteiger partial charge is 0.381 e. The second-order valence-corrected chi connectivity index (χ2v) is 11.0. The quantitative estimate of drug-likeness (QED) is 0.553. The van der Waals surface area contributed by atoms with Crippen LogP contribution in [0.15, 0.2) is 0 Å². The molecule has 1 fully saturated rings. The summed E-state index contributed by atoms with van der Waals surface area (Å²) in [5, 5.41) is 0.529. The Balaban J connectivity index is 2.64. The highest BCUT2D eigenvalue weighted by atomic mass is 28.3. The van der Waals surface area contributed by atoms with Crippen LogP contribution in [0.1, 0.15) is 20.8 Å². The Labute approximate surface area is 71.1 Å². The van der Waals surface area contributed by atoms with E-state index in [1.54, 1.807) is 0 Å². The van der Waals surface area contributed by atoms with Crippen molar-refractivity contribution < 1.29 is 4.74 Å². The van der Waals surface area contributed by atoms with Crippen LogP contribution >= 0.6 is 0 Å². The van der Waals surface area contributed by atoms with Gasteiger partial charge in [-0.15, -0.1) is 0 Å². The van der Waals surface area contributed by atoms with Gasteiger partial charge in [0.2, 0.25) is 0 Å². The third-order valence-corrected chi connectivity index (χ3v) is 9.83. The normalized spacial score (nSPS) is 21.5. The first-order valence-corrected chi connectivity index (χ1v) is 7.51. The highest BCUT2D eigenvalue weighted by Gasteiger charge is 2.45. The van der Waals surface area contributed by atoms with Gasteiger partial charge < -0.3 is 4.74 Å². The van der Waals surface area contributed by atoms with Crippen molar-refractivity contribution in [3.05, 3.63) is 0 Å². The van der Waals surface area contributed by atoms with Crippen LogP contribution < -0.4 is 0 Å². The molecule has 0 amide bonds. The molecule has 0 unspecified atom stereocenters. The fourth-order valence-corrected chi connectivity index (χ4v) is 3.56. The third-order valence-electron chi connectivity index (χ3n) is 3.59. The molecule has 11 heavy (non-hydrogen) atoms. The van der Waals surface area contributed by atoms with Gasteiger partial charge in [0.05, 0.1) is 8.07 Å². The van der Waals surface area contributed by atoms with E-state index in [-0.39, 0.29) is 0 Å². The zero-order valence-corrected chi connectivity index (χ0v) is 9.40. The molecule has 0 atom stereocenters. The summed E-state index contributed by atoms with van der Waals surface area (Å²) in [6.07, 6.45) is 0. The van der Waals surface area contributed by atoms with Gasteiger partial charge in [-0.05, 0) is 5.04 Å². The van der Waals surface area contributed by atoms with Gasteiger partial charge in [0.25, 0.3) is 0 Å². The van der Waals surface area contributed by atoms with Gasteiger partial charge in [-0.25, -0.2) is 0 Å². The molecule has 1 rings (SSSR count). The molecular weight excluding hydrogens is 152 g/mol. The molecule has 0 spiro atoms. The Morgan fingerprint density at radius 2 is 1.64 bits per heavy atom. The first-order chi connectivity index (χ1) is 4.86. The number of rotatable bonds is 1. The van der Waals surface area contributed by atoms with Gasteiger partial charge in [-0.3, -0.25) is 0 Å². The Hall–Kier alpha value is 0.177. The van der Waals surface area contributed by atoms with Crippen LogP contribution in [0.2, 0.25) is 23.7 Å². The Bertz CT molecular complexity index is 142. The molecule has 0 bridgehead atoms. The van der Waals surface area contributed by atoms with Gasteiger partial charge in [0.15, 0.2) is 0 Å². The number of hydrogen-bond donors (Lipinski definition) is 0. The summed E-state index contributed by atoms with van der Waals surface area (Å²) in [6.45, 7) is 14.1. The molecule has 1 heterocycles. The van der Waals surface area contributed by atoms with Crippen molar-refractivity contribution in [2.75, 3.05) is 13.2 Å². The van der Waals surface area contributed by atoms with Gasteiger partial charge in [-0.1, -0.05) is 33.9 Å². The fourth-order valence-electron chi connectivity index (χ4n) is 1.26. The number of hydrogen-bond acceptors (Lipinski definition) is 1. The lowest BCUT2D eigenvalue weighted by molar-refractivity contribution is 0.0321. The summed E-state index contributed by atoms with van der Waals surface area (Å²) in [6, 6.07) is 0. The molecule has 66 valence electrons. The van der Waals surface area contributed by atoms with Crippen molar-refractivity contribution >= 4 is 8.07 Å². The first kappa shape index (κ1) is 9.27. The molecule has 0 N–H and O–H groups in total. The van der Waals surface area contributed by atoms with Crippen LogP contribution in [0.4, 0.5) is 0 Å². The standard InChI is InChI=1S/C9H20OSi/c1-9(2,3)11(4,5)8-6-10-7-8/h8H,6-7H2,1-5H3. The van der Waals surface area contributed by atoms with Gasteiger partial charge in [0.1, 0.15) is 0 Å². The first-order valence-electron chi connectivity index (χ1n) is 4.43. The van der Waals surface area contributed by atoms with Crippen LogP contribution in [-0.2, 0) is 4.74 Å². The molecule has 0 aromatic rings. The smallest absolute Gasteiger partial charge is 0.0612 e. The summed E-state index contributed by atoms with van der Waals surface area (Å²) < 4.78 is 5.25. The summed E-state index contributed by atoms with van der Waals surface area (Å²) in [4.78, 5) is 0. The minimum Gasteiger partial charge on any atom is -0.381 e. The van der Waals surface area contributed by atoms with Crippen molar-refractivity contribution in [2.45, 2.75) is 44.4 Å². The van der Waals surface area contributed by atoms with Crippen LogP contribution in [0.3, 0.4) is 0 Å². The van der Waals surface area contributed by atoms with E-state index in [0.29, 0.717) is 5.04 Å². The Morgan fingerprint density at radius 3 is 1.73 bits per heavy atom. The average molecular weight is 172 g/mol. The summed E-state index contributed by atoms with van der Waals surface area (Å²) in [7, 11) is -1.05. The molecule has 0 aromatic heterocycles. The monoisotopic (exact) mass is 172 g/mol. The zero-order chi connectivity index (χ0) is 8.70. The molecule has 0 aromatic carbocycles. The highest BCUT2D eigenvalue weighted by molar-refractivity contribution is 6.81. The van der Waals surface area contributed by atoms with Crippen molar-refractivity contribution in [1.29, 1.82) is 0 Å². The molecular formula is C9H20OSi. The van der Waals surface area contributed by atoms with Crippen molar-refractivity contribution in [3.63, 3.8) is 0 Å². The third kappa shape index (κ3) is 1.52. The second kappa shape index (κ2) is 2.59. The van der Waals surface area contributed by atoms with E-state index in [0.717, 1.165) is 18.8 Å². The highest BCUT2D eigenvalue weighted by Crippen LogP contribution is 2.46. The van der Waals surface area contributed by atoms with Crippen LogP contribution in [0.5, 0.6) is 0 Å². The lowest BCUT2D eigenvalue weighted by Crippen LogP contribution is -2.49.